The topological polar surface area (TPSA) is 47.7 Å². The van der Waals surface area contributed by atoms with E-state index in [1.54, 1.807) is 13.2 Å². The fourth-order valence-electron chi connectivity index (χ4n) is 4.41. The van der Waals surface area contributed by atoms with Crippen LogP contribution in [-0.4, -0.2) is 42.1 Å². The number of rotatable bonds is 6. The van der Waals surface area contributed by atoms with Gasteiger partial charge in [-0.05, 0) is 51.4 Å². The molecule has 2 aromatic rings. The molecule has 5 nitrogen and oxygen atoms in total. The molecule has 1 aromatic heterocycles. The minimum absolute atomic E-state index is 0.0298. The Morgan fingerprint density at radius 2 is 2.10 bits per heavy atom. The van der Waals surface area contributed by atoms with E-state index in [2.05, 4.69) is 36.1 Å². The molecule has 0 bridgehead atoms. The van der Waals surface area contributed by atoms with Gasteiger partial charge in [-0.3, -0.25) is 4.90 Å². The lowest BCUT2D eigenvalue weighted by Crippen LogP contribution is -2.49. The van der Waals surface area contributed by atoms with Crippen LogP contribution in [0.4, 0.5) is 4.39 Å². The summed E-state index contributed by atoms with van der Waals surface area (Å²) in [5.74, 6) is -1.47. The van der Waals surface area contributed by atoms with Crippen molar-refractivity contribution in [3.05, 3.63) is 47.9 Å². The largest absolute Gasteiger partial charge is 0.356 e. The van der Waals surface area contributed by atoms with Crippen molar-refractivity contribution >= 4 is 11.0 Å². The summed E-state index contributed by atoms with van der Waals surface area (Å²) in [6, 6.07) is 5.76. The van der Waals surface area contributed by atoms with Gasteiger partial charge in [0.15, 0.2) is 11.4 Å². The Morgan fingerprint density at radius 3 is 2.83 bits per heavy atom. The van der Waals surface area contributed by atoms with E-state index in [9.17, 15) is 4.39 Å². The number of benzene rings is 1. The predicted molar refractivity (Wildman–Crippen MR) is 110 cm³/mol. The van der Waals surface area contributed by atoms with Gasteiger partial charge in [0.1, 0.15) is 11.5 Å². The molecule has 1 aliphatic heterocycles. The van der Waals surface area contributed by atoms with E-state index in [0.717, 1.165) is 30.6 Å². The molecule has 3 unspecified atom stereocenters. The van der Waals surface area contributed by atoms with Gasteiger partial charge in [0.05, 0.1) is 18.1 Å². The lowest BCUT2D eigenvalue weighted by Gasteiger charge is -2.46. The Bertz CT molecular complexity index is 861. The molecular weight excluding hydrogens is 371 g/mol. The molecular formula is C23H30FN2O3. The molecule has 0 spiro atoms. The van der Waals surface area contributed by atoms with Crippen LogP contribution >= 0.6 is 0 Å². The minimum Gasteiger partial charge on any atom is -0.356 e. The monoisotopic (exact) mass is 401 g/mol. The zero-order valence-electron chi connectivity index (χ0n) is 17.5. The average molecular weight is 402 g/mol. The van der Waals surface area contributed by atoms with Gasteiger partial charge in [0.2, 0.25) is 0 Å². The van der Waals surface area contributed by atoms with Gasteiger partial charge < -0.3 is 14.0 Å². The Morgan fingerprint density at radius 1 is 1.31 bits per heavy atom. The number of hydrogen-bond donors (Lipinski definition) is 0. The fraction of sp³-hybridized carbons (Fsp3) is 0.565. The van der Waals surface area contributed by atoms with Crippen molar-refractivity contribution < 1.29 is 18.4 Å². The van der Waals surface area contributed by atoms with Crippen LogP contribution < -0.4 is 0 Å². The van der Waals surface area contributed by atoms with E-state index in [-0.39, 0.29) is 17.8 Å². The number of hydrogen-bond acceptors (Lipinski definition) is 5. The van der Waals surface area contributed by atoms with Crippen LogP contribution in [0.2, 0.25) is 0 Å². The van der Waals surface area contributed by atoms with Crippen LogP contribution in [-0.2, 0) is 9.47 Å². The number of methoxy groups -OCH3 is 1. The second-order valence-corrected chi connectivity index (χ2v) is 8.11. The molecule has 0 amide bonds. The molecule has 0 saturated carbocycles. The fourth-order valence-corrected chi connectivity index (χ4v) is 4.41. The Balaban J connectivity index is 1.74. The lowest BCUT2D eigenvalue weighted by atomic mass is 9.81. The summed E-state index contributed by atoms with van der Waals surface area (Å²) in [4.78, 5) is 2.44. The van der Waals surface area contributed by atoms with Crippen LogP contribution in [0.15, 0.2) is 34.9 Å². The summed E-state index contributed by atoms with van der Waals surface area (Å²) >= 11 is 0. The number of likely N-dealkylation sites (tertiary alicyclic amines) is 1. The maximum atomic E-state index is 13.6. The molecule has 1 saturated heterocycles. The first kappa shape index (κ1) is 20.5. The van der Waals surface area contributed by atoms with Crippen LogP contribution in [0.5, 0.6) is 0 Å². The van der Waals surface area contributed by atoms with Crippen molar-refractivity contribution in [2.45, 2.75) is 63.8 Å². The zero-order chi connectivity index (χ0) is 20.4. The number of fused-ring (bicyclic) bond motifs is 1. The Hall–Kier alpha value is -1.76. The molecule has 2 heterocycles. The van der Waals surface area contributed by atoms with Crippen LogP contribution in [0, 0.1) is 11.9 Å². The molecule has 29 heavy (non-hydrogen) atoms. The van der Waals surface area contributed by atoms with Gasteiger partial charge in [-0.1, -0.05) is 30.7 Å². The molecule has 2 aliphatic rings. The first-order valence-corrected chi connectivity index (χ1v) is 10.6. The summed E-state index contributed by atoms with van der Waals surface area (Å²) < 4.78 is 31.7. The zero-order valence-corrected chi connectivity index (χ0v) is 17.5. The molecule has 4 rings (SSSR count). The van der Waals surface area contributed by atoms with E-state index in [1.807, 2.05) is 0 Å². The third-order valence-corrected chi connectivity index (χ3v) is 6.22. The van der Waals surface area contributed by atoms with Crippen LogP contribution in [0.3, 0.4) is 0 Å². The molecule has 157 valence electrons. The van der Waals surface area contributed by atoms with E-state index in [1.165, 1.54) is 37.4 Å². The van der Waals surface area contributed by atoms with Crippen molar-refractivity contribution in [3.8, 4) is 0 Å². The van der Waals surface area contributed by atoms with Crippen molar-refractivity contribution in [1.82, 2.24) is 10.1 Å². The molecule has 1 fully saturated rings. The summed E-state index contributed by atoms with van der Waals surface area (Å²) in [6.07, 6.45) is 9.56. The van der Waals surface area contributed by atoms with Gasteiger partial charge >= 0.3 is 0 Å². The van der Waals surface area contributed by atoms with E-state index < -0.39 is 5.79 Å². The highest BCUT2D eigenvalue weighted by atomic mass is 19.1. The first-order chi connectivity index (χ1) is 14.1. The highest BCUT2D eigenvalue weighted by molar-refractivity contribution is 5.80. The van der Waals surface area contributed by atoms with E-state index in [0.29, 0.717) is 12.0 Å². The van der Waals surface area contributed by atoms with Gasteiger partial charge in [0.25, 0.3) is 0 Å². The SMILES string of the molecule is CCC(C)OC1(OC)C[C](N2CCCCC2)C=CC1c1noc2cc(F)ccc12. The predicted octanol–water partition coefficient (Wildman–Crippen LogP) is 5.19. The third kappa shape index (κ3) is 3.98. The number of halogens is 1. The molecule has 6 heteroatoms. The van der Waals surface area contributed by atoms with Crippen LogP contribution in [0.25, 0.3) is 11.0 Å². The highest BCUT2D eigenvalue weighted by Gasteiger charge is 2.48. The smallest absolute Gasteiger partial charge is 0.182 e. The Labute approximate surface area is 171 Å². The number of aromatic nitrogens is 1. The summed E-state index contributed by atoms with van der Waals surface area (Å²) in [5.41, 5.74) is 1.16. The van der Waals surface area contributed by atoms with Gasteiger partial charge in [-0.2, -0.15) is 0 Å². The van der Waals surface area contributed by atoms with Gasteiger partial charge in [-0.15, -0.1) is 0 Å². The maximum absolute atomic E-state index is 13.6. The van der Waals surface area contributed by atoms with Gasteiger partial charge in [0, 0.05) is 25.0 Å². The summed E-state index contributed by atoms with van der Waals surface area (Å²) in [7, 11) is 1.70. The second kappa shape index (κ2) is 8.54. The molecule has 0 N–H and O–H groups in total. The van der Waals surface area contributed by atoms with Crippen molar-refractivity contribution in [1.29, 1.82) is 0 Å². The Kier molecular flexibility index (Phi) is 6.04. The number of ether oxygens (including phenoxy) is 2. The summed E-state index contributed by atoms with van der Waals surface area (Å²) in [6.45, 7) is 6.30. The van der Waals surface area contributed by atoms with E-state index >= 15 is 0 Å². The second-order valence-electron chi connectivity index (χ2n) is 8.11. The number of piperidine rings is 1. The maximum Gasteiger partial charge on any atom is 0.182 e. The first-order valence-electron chi connectivity index (χ1n) is 10.6. The quantitative estimate of drug-likeness (QED) is 0.624. The molecule has 1 aliphatic carbocycles. The number of nitrogens with zero attached hydrogens (tertiary/aromatic N) is 2. The van der Waals surface area contributed by atoms with Crippen molar-refractivity contribution in [2.24, 2.45) is 0 Å². The standard InChI is InChI=1S/C23H30FN2O3/c1-4-16(2)28-23(27-3)15-18(26-12-6-5-7-13-26)9-11-20(23)22-19-10-8-17(24)14-21(19)29-25-22/h8-11,14,16,20H,4-7,12-13,15H2,1-3H3. The summed E-state index contributed by atoms with van der Waals surface area (Å²) in [5, 5.41) is 5.09. The van der Waals surface area contributed by atoms with Crippen molar-refractivity contribution in [3.63, 3.8) is 0 Å². The normalized spacial score (nSPS) is 27.5. The molecule has 1 aromatic carbocycles. The molecule has 3 atom stereocenters. The van der Waals surface area contributed by atoms with Gasteiger partial charge in [-0.25, -0.2) is 4.39 Å². The minimum atomic E-state index is -0.880. The van der Waals surface area contributed by atoms with Crippen LogP contribution in [0.1, 0.15) is 57.6 Å². The lowest BCUT2D eigenvalue weighted by molar-refractivity contribution is -0.256. The molecule has 1 radical (unpaired) electrons. The average Bonchev–Trinajstić information content (AvgIpc) is 3.16. The third-order valence-electron chi connectivity index (χ3n) is 6.22. The van der Waals surface area contributed by atoms with Crippen molar-refractivity contribution in [2.75, 3.05) is 20.2 Å². The van der Waals surface area contributed by atoms with E-state index in [4.69, 9.17) is 14.0 Å². The highest BCUT2D eigenvalue weighted by Crippen LogP contribution is 2.46.